The Kier molecular flexibility index (Phi) is 8.64. The van der Waals surface area contributed by atoms with Gasteiger partial charge in [0, 0.05) is 40.3 Å². The van der Waals surface area contributed by atoms with Gasteiger partial charge in [-0.1, -0.05) is 42.6 Å². The Hall–Kier alpha value is -3.78. The second kappa shape index (κ2) is 12.2. The summed E-state index contributed by atoms with van der Waals surface area (Å²) in [5, 5.41) is 19.2. The lowest BCUT2D eigenvalue weighted by atomic mass is 9.84. The van der Waals surface area contributed by atoms with E-state index < -0.39 is 17.9 Å². The summed E-state index contributed by atoms with van der Waals surface area (Å²) >= 11 is 6.32. The first-order valence-electron chi connectivity index (χ1n) is 14.6. The molecule has 0 bridgehead atoms. The lowest BCUT2D eigenvalue weighted by Gasteiger charge is -2.29. The molecular formula is C33H39ClN4O4. The number of aromatic nitrogens is 3. The maximum atomic E-state index is 13.8. The maximum absolute atomic E-state index is 13.8. The van der Waals surface area contributed by atoms with E-state index in [9.17, 15) is 14.7 Å². The fourth-order valence-corrected chi connectivity index (χ4v) is 6.48. The molecule has 2 aromatic carbocycles. The van der Waals surface area contributed by atoms with Crippen molar-refractivity contribution in [2.45, 2.75) is 72.3 Å². The number of fused-ring (bicyclic) bond motifs is 1. The quantitative estimate of drug-likeness (QED) is 0.185. The van der Waals surface area contributed by atoms with E-state index in [1.807, 2.05) is 63.7 Å². The number of aliphatic carboxylic acids is 1. The lowest BCUT2D eigenvalue weighted by Crippen LogP contribution is -2.45. The van der Waals surface area contributed by atoms with Gasteiger partial charge in [-0.2, -0.15) is 5.10 Å². The summed E-state index contributed by atoms with van der Waals surface area (Å²) in [4.78, 5) is 29.2. The van der Waals surface area contributed by atoms with E-state index in [1.54, 1.807) is 0 Å². The highest BCUT2D eigenvalue weighted by molar-refractivity contribution is 6.32. The molecule has 0 spiro atoms. The van der Waals surface area contributed by atoms with Gasteiger partial charge in [0.1, 0.15) is 11.4 Å². The number of nitrogens with zero attached hydrogens (tertiary/aromatic N) is 2. The van der Waals surface area contributed by atoms with Gasteiger partial charge in [-0.3, -0.25) is 14.3 Å². The number of hydrogen-bond donors (Lipinski definition) is 3. The van der Waals surface area contributed by atoms with Gasteiger partial charge in [-0.15, -0.1) is 0 Å². The van der Waals surface area contributed by atoms with Crippen LogP contribution >= 0.6 is 11.6 Å². The average molecular weight is 591 g/mol. The largest absolute Gasteiger partial charge is 0.494 e. The third-order valence-corrected chi connectivity index (χ3v) is 9.19. The summed E-state index contributed by atoms with van der Waals surface area (Å²) in [7, 11) is 1.93. The van der Waals surface area contributed by atoms with Crippen LogP contribution in [0.3, 0.4) is 0 Å². The molecule has 0 radical (unpaired) electrons. The molecule has 3 N–H and O–H groups in total. The lowest BCUT2D eigenvalue weighted by molar-refractivity contribution is -0.143. The van der Waals surface area contributed by atoms with E-state index in [-0.39, 0.29) is 5.91 Å². The zero-order chi connectivity index (χ0) is 30.1. The molecule has 2 aromatic heterocycles. The summed E-state index contributed by atoms with van der Waals surface area (Å²) in [6.45, 7) is 8.43. The van der Waals surface area contributed by atoms with Crippen LogP contribution in [0.25, 0.3) is 22.0 Å². The standard InChI is InChI=1S/C33H39ClN4O4/c1-18-16-22(17-19(2)29(18)34)42-15-9-13-24-23-11-8-12-26(28-20(3)37-38(5)21(28)4)30(23)36-31(24)32(39)35-27-14-7-6-10-25(27)33(40)41/h8,11-12,16-17,25,27,36H,6-7,9-10,13-15H2,1-5H3,(H,35,39)(H,40,41). The molecule has 0 aliphatic heterocycles. The van der Waals surface area contributed by atoms with Crippen LogP contribution in [0.1, 0.15) is 70.7 Å². The zero-order valence-electron chi connectivity index (χ0n) is 24.9. The fraction of sp³-hybridized carbons (Fsp3) is 0.424. The first kappa shape index (κ1) is 29.7. The van der Waals surface area contributed by atoms with Crippen LogP contribution in [-0.2, 0) is 18.3 Å². The number of para-hydroxylation sites is 1. The molecule has 42 heavy (non-hydrogen) atoms. The van der Waals surface area contributed by atoms with Crippen molar-refractivity contribution in [2.75, 3.05) is 6.61 Å². The third kappa shape index (κ3) is 5.77. The fourth-order valence-electron chi connectivity index (χ4n) is 6.37. The van der Waals surface area contributed by atoms with E-state index in [4.69, 9.17) is 16.3 Å². The van der Waals surface area contributed by atoms with Crippen LogP contribution in [0.4, 0.5) is 0 Å². The number of nitrogens with one attached hydrogen (secondary N) is 2. The normalized spacial score (nSPS) is 17.0. The number of ether oxygens (including phenoxy) is 1. The molecule has 1 aliphatic rings. The summed E-state index contributed by atoms with van der Waals surface area (Å²) < 4.78 is 7.95. The minimum Gasteiger partial charge on any atom is -0.494 e. The molecule has 1 amide bonds. The topological polar surface area (TPSA) is 109 Å². The third-order valence-electron chi connectivity index (χ3n) is 8.60. The van der Waals surface area contributed by atoms with Crippen LogP contribution in [0.15, 0.2) is 30.3 Å². The van der Waals surface area contributed by atoms with Gasteiger partial charge < -0.3 is 20.1 Å². The molecule has 2 atom stereocenters. The summed E-state index contributed by atoms with van der Waals surface area (Å²) in [5.74, 6) is -0.930. The van der Waals surface area contributed by atoms with Crippen molar-refractivity contribution in [2.24, 2.45) is 13.0 Å². The van der Waals surface area contributed by atoms with E-state index >= 15 is 0 Å². The van der Waals surface area contributed by atoms with Crippen molar-refractivity contribution in [1.29, 1.82) is 0 Å². The number of halogens is 1. The van der Waals surface area contributed by atoms with Gasteiger partial charge in [0.15, 0.2) is 0 Å². The van der Waals surface area contributed by atoms with E-state index in [1.165, 1.54) is 0 Å². The Morgan fingerprint density at radius 3 is 2.52 bits per heavy atom. The van der Waals surface area contributed by atoms with Gasteiger partial charge in [-0.05, 0) is 82.2 Å². The maximum Gasteiger partial charge on any atom is 0.308 e. The number of carboxylic acids is 1. The number of carbonyl (C=O) groups excluding carboxylic acids is 1. The Bertz CT molecular complexity index is 1630. The zero-order valence-corrected chi connectivity index (χ0v) is 25.7. The Morgan fingerprint density at radius 1 is 1.14 bits per heavy atom. The number of rotatable bonds is 9. The van der Waals surface area contributed by atoms with Gasteiger partial charge in [-0.25, -0.2) is 0 Å². The SMILES string of the molecule is Cc1cc(OCCCc2c(C(=O)NC3CCCCC3C(=O)O)[nH]c3c(-c4c(C)nn(C)c4C)cccc23)cc(C)c1Cl. The van der Waals surface area contributed by atoms with Crippen LogP contribution in [0.2, 0.25) is 5.02 Å². The second-order valence-electron chi connectivity index (χ2n) is 11.5. The van der Waals surface area contributed by atoms with Crippen LogP contribution < -0.4 is 10.1 Å². The van der Waals surface area contributed by atoms with Crippen molar-refractivity contribution < 1.29 is 19.4 Å². The van der Waals surface area contributed by atoms with Crippen molar-refractivity contribution >= 4 is 34.4 Å². The van der Waals surface area contributed by atoms with Crippen molar-refractivity contribution in [3.63, 3.8) is 0 Å². The van der Waals surface area contributed by atoms with E-state index in [2.05, 4.69) is 21.5 Å². The molecule has 9 heteroatoms. The van der Waals surface area contributed by atoms with Gasteiger partial charge in [0.2, 0.25) is 0 Å². The second-order valence-corrected chi connectivity index (χ2v) is 11.9. The Morgan fingerprint density at radius 2 is 1.86 bits per heavy atom. The number of H-pyrrole nitrogens is 1. The minimum absolute atomic E-state index is 0.269. The molecule has 2 unspecified atom stereocenters. The molecule has 222 valence electrons. The van der Waals surface area contributed by atoms with Crippen LogP contribution in [-0.4, -0.2) is 44.4 Å². The van der Waals surface area contributed by atoms with Gasteiger partial charge >= 0.3 is 5.97 Å². The monoisotopic (exact) mass is 590 g/mol. The van der Waals surface area contributed by atoms with Crippen molar-refractivity contribution in [1.82, 2.24) is 20.1 Å². The molecule has 2 heterocycles. The van der Waals surface area contributed by atoms with Crippen molar-refractivity contribution in [3.8, 4) is 16.9 Å². The van der Waals surface area contributed by atoms with Crippen LogP contribution in [0, 0.1) is 33.6 Å². The number of hydrogen-bond acceptors (Lipinski definition) is 4. The Balaban J connectivity index is 1.47. The highest BCUT2D eigenvalue weighted by atomic mass is 35.5. The molecule has 0 saturated heterocycles. The molecule has 8 nitrogen and oxygen atoms in total. The minimum atomic E-state index is -0.855. The molecule has 5 rings (SSSR count). The first-order chi connectivity index (χ1) is 20.1. The molecular weight excluding hydrogens is 552 g/mol. The molecule has 1 aliphatic carbocycles. The van der Waals surface area contributed by atoms with Crippen LogP contribution in [0.5, 0.6) is 5.75 Å². The number of carbonyl (C=O) groups is 2. The number of aromatic amines is 1. The number of carboxylic acid groups (broad SMARTS) is 1. The smallest absolute Gasteiger partial charge is 0.308 e. The molecule has 4 aromatic rings. The van der Waals surface area contributed by atoms with E-state index in [0.717, 1.165) is 73.7 Å². The predicted octanol–water partition coefficient (Wildman–Crippen LogP) is 6.84. The summed E-state index contributed by atoms with van der Waals surface area (Å²) in [6, 6.07) is 9.58. The number of amides is 1. The molecule has 1 fully saturated rings. The van der Waals surface area contributed by atoms with Gasteiger partial charge in [0.05, 0.1) is 23.7 Å². The van der Waals surface area contributed by atoms with Gasteiger partial charge in [0.25, 0.3) is 5.91 Å². The average Bonchev–Trinajstić information content (AvgIpc) is 3.45. The number of benzene rings is 2. The highest BCUT2D eigenvalue weighted by Crippen LogP contribution is 2.36. The first-order valence-corrected chi connectivity index (χ1v) is 15.0. The molecule has 1 saturated carbocycles. The summed E-state index contributed by atoms with van der Waals surface area (Å²) in [5.41, 5.74) is 8.17. The Labute approximate surface area is 251 Å². The van der Waals surface area contributed by atoms with Crippen molar-refractivity contribution in [3.05, 3.63) is 69.1 Å². The summed E-state index contributed by atoms with van der Waals surface area (Å²) in [6.07, 6.45) is 4.29. The predicted molar refractivity (Wildman–Crippen MR) is 166 cm³/mol. The van der Waals surface area contributed by atoms with E-state index in [0.29, 0.717) is 38.0 Å². The highest BCUT2D eigenvalue weighted by Gasteiger charge is 2.33. The number of aryl methyl sites for hydroxylation is 5.